The third-order valence-electron chi connectivity index (χ3n) is 7.78. The summed E-state index contributed by atoms with van der Waals surface area (Å²) in [6.07, 6.45) is -0.182. The molecule has 12 nitrogen and oxygen atoms in total. The van der Waals surface area contributed by atoms with Gasteiger partial charge in [-0.2, -0.15) is 4.98 Å². The van der Waals surface area contributed by atoms with Gasteiger partial charge in [0, 0.05) is 62.6 Å². The van der Waals surface area contributed by atoms with Crippen LogP contribution in [0.4, 0.5) is 23.8 Å². The van der Waals surface area contributed by atoms with Crippen LogP contribution in [0.2, 0.25) is 0 Å². The van der Waals surface area contributed by atoms with Gasteiger partial charge in [0.25, 0.3) is 0 Å². The zero-order valence-corrected chi connectivity index (χ0v) is 25.8. The van der Waals surface area contributed by atoms with Crippen molar-refractivity contribution in [3.05, 3.63) is 46.5 Å². The molecular formula is C28H40ClF3N8O4. The van der Waals surface area contributed by atoms with Crippen molar-refractivity contribution >= 4 is 30.2 Å². The van der Waals surface area contributed by atoms with Gasteiger partial charge in [-0.05, 0) is 58.7 Å². The first-order valence-corrected chi connectivity index (χ1v) is 14.2. The molecule has 1 saturated carbocycles. The van der Waals surface area contributed by atoms with Crippen LogP contribution < -0.4 is 27.2 Å². The summed E-state index contributed by atoms with van der Waals surface area (Å²) in [5, 5.41) is 2.56. The Morgan fingerprint density at radius 1 is 1.07 bits per heavy atom. The summed E-state index contributed by atoms with van der Waals surface area (Å²) in [6.45, 7) is 4.61. The van der Waals surface area contributed by atoms with Gasteiger partial charge in [0.05, 0.1) is 11.2 Å². The number of hydrogen-bond donors (Lipinski definition) is 3. The van der Waals surface area contributed by atoms with Crippen LogP contribution in [0.5, 0.6) is 5.75 Å². The first-order valence-electron chi connectivity index (χ1n) is 14.2. The fourth-order valence-electron chi connectivity index (χ4n) is 5.36. The van der Waals surface area contributed by atoms with E-state index in [0.717, 1.165) is 36.3 Å². The summed E-state index contributed by atoms with van der Waals surface area (Å²) in [7, 11) is 1.86. The van der Waals surface area contributed by atoms with Crippen LogP contribution >= 0.6 is 12.4 Å². The molecule has 2 heterocycles. The Kier molecular flexibility index (Phi) is 11.3. The number of hydrogen-bond acceptors (Lipinski definition) is 8. The van der Waals surface area contributed by atoms with Crippen molar-refractivity contribution in [2.24, 2.45) is 11.5 Å². The van der Waals surface area contributed by atoms with Crippen LogP contribution in [0.15, 0.2) is 35.3 Å². The maximum Gasteiger partial charge on any atom is 0.573 e. The number of alkyl halides is 3. The molecule has 44 heavy (non-hydrogen) atoms. The van der Waals surface area contributed by atoms with E-state index in [1.807, 2.05) is 11.9 Å². The van der Waals surface area contributed by atoms with Crippen molar-refractivity contribution in [1.29, 1.82) is 0 Å². The van der Waals surface area contributed by atoms with Gasteiger partial charge in [-0.3, -0.25) is 19.6 Å². The van der Waals surface area contributed by atoms with Crippen molar-refractivity contribution in [2.45, 2.75) is 70.1 Å². The lowest BCUT2D eigenvalue weighted by Crippen LogP contribution is -2.58. The number of benzene rings is 1. The highest BCUT2D eigenvalue weighted by molar-refractivity contribution is 5.89. The Balaban J connectivity index is 0.00000529. The Bertz CT molecular complexity index is 1370. The van der Waals surface area contributed by atoms with Gasteiger partial charge in [-0.25, -0.2) is 9.59 Å². The molecule has 4 rings (SSSR count). The molecule has 16 heteroatoms. The lowest BCUT2D eigenvalue weighted by molar-refractivity contribution is -0.275. The van der Waals surface area contributed by atoms with Crippen molar-refractivity contribution < 1.29 is 27.5 Å². The van der Waals surface area contributed by atoms with Crippen molar-refractivity contribution in [3.8, 4) is 11.4 Å². The molecule has 0 atom stereocenters. The minimum Gasteiger partial charge on any atom is -0.405 e. The highest BCUT2D eigenvalue weighted by atomic mass is 35.5. The molecule has 2 fully saturated rings. The standard InChI is InChI=1S/C28H39F3N8O4.ClH/c1-27(2,33)24(40)37-12-14-38(15-13-37)25(41)34-23-10-11-39(26(42)35-23)21-7-4-18(22(16-21)43-28(29,30)31)17-36(3)20-8-5-19(32)6-9-20;/h4,7,10-11,16,19-20H,5-6,8-9,12-15,17,32-33H2,1-3H3,(H,34,35,41,42);1H. The molecule has 2 aromatic rings. The molecule has 1 aromatic carbocycles. The topological polar surface area (TPSA) is 152 Å². The second kappa shape index (κ2) is 14.1. The maximum atomic E-state index is 13.3. The Morgan fingerprint density at radius 3 is 2.25 bits per heavy atom. The first-order chi connectivity index (χ1) is 20.1. The number of amides is 3. The molecular weight excluding hydrogens is 605 g/mol. The van der Waals surface area contributed by atoms with Gasteiger partial charge in [-0.1, -0.05) is 6.07 Å². The molecule has 0 bridgehead atoms. The van der Waals surface area contributed by atoms with E-state index in [1.165, 1.54) is 29.3 Å². The summed E-state index contributed by atoms with van der Waals surface area (Å²) in [5.74, 6) is -0.648. The predicted molar refractivity (Wildman–Crippen MR) is 161 cm³/mol. The fourth-order valence-corrected chi connectivity index (χ4v) is 5.36. The SMILES string of the molecule is CN(Cc1ccc(-n2ccc(NC(=O)N3CCN(C(=O)C(C)(C)N)CC3)nc2=O)cc1OC(F)(F)F)C1CCC(N)CC1.Cl. The summed E-state index contributed by atoms with van der Waals surface area (Å²) in [6, 6.07) is 5.38. The molecule has 0 radical (unpaired) electrons. The van der Waals surface area contributed by atoms with Gasteiger partial charge >= 0.3 is 18.1 Å². The Morgan fingerprint density at radius 2 is 1.68 bits per heavy atom. The van der Waals surface area contributed by atoms with E-state index >= 15 is 0 Å². The molecule has 0 spiro atoms. The summed E-state index contributed by atoms with van der Waals surface area (Å²) < 4.78 is 45.3. The number of carbonyl (C=O) groups is 2. The molecule has 3 amide bonds. The molecule has 5 N–H and O–H groups in total. The van der Waals surface area contributed by atoms with E-state index in [9.17, 15) is 27.6 Å². The van der Waals surface area contributed by atoms with Crippen molar-refractivity contribution in [2.75, 3.05) is 38.5 Å². The van der Waals surface area contributed by atoms with E-state index in [0.29, 0.717) is 18.7 Å². The van der Waals surface area contributed by atoms with E-state index in [1.54, 1.807) is 18.7 Å². The van der Waals surface area contributed by atoms with E-state index in [2.05, 4.69) is 15.0 Å². The molecule has 1 aromatic heterocycles. The van der Waals surface area contributed by atoms with Crippen LogP contribution in [0.25, 0.3) is 5.69 Å². The number of rotatable bonds is 7. The molecule has 1 aliphatic heterocycles. The third kappa shape index (κ3) is 9.06. The van der Waals surface area contributed by atoms with Gasteiger partial charge in [0.2, 0.25) is 5.91 Å². The largest absolute Gasteiger partial charge is 0.573 e. The number of nitrogens with zero attached hydrogens (tertiary/aromatic N) is 5. The average molecular weight is 645 g/mol. The van der Waals surface area contributed by atoms with Crippen LogP contribution in [0.1, 0.15) is 45.1 Å². The van der Waals surface area contributed by atoms with E-state index in [-0.39, 0.29) is 61.5 Å². The fraction of sp³-hybridized carbons (Fsp3) is 0.571. The van der Waals surface area contributed by atoms with Crippen LogP contribution in [-0.4, -0.2) is 93.4 Å². The zero-order chi connectivity index (χ0) is 31.5. The minimum atomic E-state index is -4.93. The molecule has 0 unspecified atom stereocenters. The minimum absolute atomic E-state index is 0. The summed E-state index contributed by atoms with van der Waals surface area (Å²) >= 11 is 0. The normalized spacial score (nSPS) is 19.4. The number of nitrogens with one attached hydrogen (secondary N) is 1. The van der Waals surface area contributed by atoms with Crippen molar-refractivity contribution in [3.63, 3.8) is 0 Å². The second-order valence-electron chi connectivity index (χ2n) is 11.7. The number of urea groups is 1. The summed E-state index contributed by atoms with van der Waals surface area (Å²) in [4.78, 5) is 46.9. The first kappa shape index (κ1) is 35.1. The molecule has 1 saturated heterocycles. The third-order valence-corrected chi connectivity index (χ3v) is 7.78. The molecule has 244 valence electrons. The number of nitrogens with two attached hydrogens (primary N) is 2. The summed E-state index contributed by atoms with van der Waals surface area (Å²) in [5.41, 5.74) is 10.5. The highest BCUT2D eigenvalue weighted by Gasteiger charge is 2.33. The van der Waals surface area contributed by atoms with Gasteiger partial charge in [0.15, 0.2) is 0 Å². The van der Waals surface area contributed by atoms with Gasteiger partial charge < -0.3 is 26.0 Å². The van der Waals surface area contributed by atoms with Crippen molar-refractivity contribution in [1.82, 2.24) is 24.3 Å². The van der Waals surface area contributed by atoms with Crippen LogP contribution in [0.3, 0.4) is 0 Å². The quantitative estimate of drug-likeness (QED) is 0.416. The lowest BCUT2D eigenvalue weighted by Gasteiger charge is -2.37. The Labute approximate surface area is 259 Å². The number of ether oxygens (including phenoxy) is 1. The number of piperazine rings is 1. The van der Waals surface area contributed by atoms with E-state index in [4.69, 9.17) is 11.5 Å². The Hall–Kier alpha value is -3.40. The van der Waals surface area contributed by atoms with Crippen LogP contribution in [0, 0.1) is 0 Å². The number of halogens is 4. The smallest absolute Gasteiger partial charge is 0.405 e. The van der Waals surface area contributed by atoms with E-state index < -0.39 is 29.4 Å². The maximum absolute atomic E-state index is 13.3. The second-order valence-corrected chi connectivity index (χ2v) is 11.7. The number of anilines is 1. The van der Waals surface area contributed by atoms with Gasteiger partial charge in [-0.15, -0.1) is 25.6 Å². The monoisotopic (exact) mass is 644 g/mol. The number of carbonyl (C=O) groups excluding carboxylic acids is 2. The predicted octanol–water partition coefficient (Wildman–Crippen LogP) is 2.67. The average Bonchev–Trinajstić information content (AvgIpc) is 2.93. The molecule has 2 aliphatic rings. The van der Waals surface area contributed by atoms with Gasteiger partial charge in [0.1, 0.15) is 11.6 Å². The highest BCUT2D eigenvalue weighted by Crippen LogP contribution is 2.31. The zero-order valence-electron chi connectivity index (χ0n) is 25.0. The molecule has 1 aliphatic carbocycles. The van der Waals surface area contributed by atoms with Crippen LogP contribution in [-0.2, 0) is 11.3 Å². The lowest BCUT2D eigenvalue weighted by atomic mass is 9.91. The number of aromatic nitrogens is 2.